The zero-order valence-corrected chi connectivity index (χ0v) is 12.9. The van der Waals surface area contributed by atoms with Crippen molar-refractivity contribution in [3.8, 4) is 5.75 Å². The summed E-state index contributed by atoms with van der Waals surface area (Å²) in [5.41, 5.74) is 1.54. The molecule has 4 heteroatoms. The van der Waals surface area contributed by atoms with E-state index in [1.165, 1.54) is 0 Å². The van der Waals surface area contributed by atoms with Crippen molar-refractivity contribution < 1.29 is 9.90 Å². The lowest BCUT2D eigenvalue weighted by molar-refractivity contribution is -0.116. The van der Waals surface area contributed by atoms with Crippen LogP contribution < -0.4 is 10.6 Å². The van der Waals surface area contributed by atoms with E-state index in [0.717, 1.165) is 24.2 Å². The minimum absolute atomic E-state index is 0.00642. The molecule has 112 valence electrons. The molecule has 1 rings (SSSR count). The number of hydrogen-bond donors (Lipinski definition) is 3. The smallest absolute Gasteiger partial charge is 0.224 e. The van der Waals surface area contributed by atoms with E-state index in [9.17, 15) is 9.90 Å². The molecule has 0 aromatic heterocycles. The summed E-state index contributed by atoms with van der Waals surface area (Å²) in [6.45, 7) is 9.14. The minimum atomic E-state index is 0.00642. The number of rotatable bonds is 7. The molecule has 1 aromatic carbocycles. The highest BCUT2D eigenvalue weighted by molar-refractivity contribution is 5.90. The Bertz CT molecular complexity index is 444. The van der Waals surface area contributed by atoms with E-state index in [0.29, 0.717) is 12.3 Å². The molecule has 0 bridgehead atoms. The lowest BCUT2D eigenvalue weighted by Crippen LogP contribution is -2.23. The summed E-state index contributed by atoms with van der Waals surface area (Å²) in [5, 5.41) is 16.2. The molecule has 1 aromatic rings. The second kappa shape index (κ2) is 7.90. The summed E-state index contributed by atoms with van der Waals surface area (Å²) in [6.07, 6.45) is 1.33. The molecule has 0 aliphatic heterocycles. The Hall–Kier alpha value is -1.55. The highest BCUT2D eigenvalue weighted by atomic mass is 16.3. The second-order valence-electron chi connectivity index (χ2n) is 5.60. The van der Waals surface area contributed by atoms with E-state index in [2.05, 4.69) is 24.5 Å². The summed E-state index contributed by atoms with van der Waals surface area (Å²) < 4.78 is 0. The number of amides is 1. The quantitative estimate of drug-likeness (QED) is 0.670. The molecule has 0 spiro atoms. The van der Waals surface area contributed by atoms with Crippen molar-refractivity contribution in [2.24, 2.45) is 5.92 Å². The fourth-order valence-corrected chi connectivity index (χ4v) is 1.95. The number of carbonyl (C=O) groups is 1. The van der Waals surface area contributed by atoms with E-state index < -0.39 is 0 Å². The predicted molar refractivity (Wildman–Crippen MR) is 82.9 cm³/mol. The zero-order valence-electron chi connectivity index (χ0n) is 12.9. The topological polar surface area (TPSA) is 61.4 Å². The van der Waals surface area contributed by atoms with Gasteiger partial charge in [0.25, 0.3) is 0 Å². The number of phenolic OH excluding ortho intramolecular Hbond substituents is 1. The van der Waals surface area contributed by atoms with Gasteiger partial charge in [0, 0.05) is 23.7 Å². The molecule has 3 N–H and O–H groups in total. The number of aromatic hydroxyl groups is 1. The normalized spacial score (nSPS) is 12.4. The van der Waals surface area contributed by atoms with Crippen molar-refractivity contribution in [1.29, 1.82) is 0 Å². The van der Waals surface area contributed by atoms with Crippen LogP contribution in [0.5, 0.6) is 5.75 Å². The van der Waals surface area contributed by atoms with Gasteiger partial charge in [0.15, 0.2) is 0 Å². The van der Waals surface area contributed by atoms with Crippen LogP contribution in [0.15, 0.2) is 18.2 Å². The van der Waals surface area contributed by atoms with Crippen molar-refractivity contribution in [3.05, 3.63) is 23.8 Å². The molecular weight excluding hydrogens is 252 g/mol. The van der Waals surface area contributed by atoms with Crippen LogP contribution in [0.3, 0.4) is 0 Å². The van der Waals surface area contributed by atoms with Crippen LogP contribution in [-0.4, -0.2) is 17.6 Å². The van der Waals surface area contributed by atoms with Gasteiger partial charge in [-0.25, -0.2) is 0 Å². The van der Waals surface area contributed by atoms with E-state index in [1.807, 2.05) is 19.9 Å². The molecule has 0 fully saturated rings. The van der Waals surface area contributed by atoms with Gasteiger partial charge in [-0.2, -0.15) is 0 Å². The van der Waals surface area contributed by atoms with E-state index in [4.69, 9.17) is 0 Å². The molecule has 0 saturated carbocycles. The molecule has 0 aliphatic rings. The van der Waals surface area contributed by atoms with Gasteiger partial charge in [-0.1, -0.05) is 20.8 Å². The molecular formula is C16H26N2O2. The van der Waals surface area contributed by atoms with Crippen molar-refractivity contribution in [3.63, 3.8) is 0 Å². The first-order valence-corrected chi connectivity index (χ1v) is 7.30. The number of phenols is 1. The Balaban J connectivity index is 2.77. The number of carbonyl (C=O) groups excluding carboxylic acids is 1. The van der Waals surface area contributed by atoms with Crippen molar-refractivity contribution in [2.75, 3.05) is 11.9 Å². The number of anilines is 1. The minimum Gasteiger partial charge on any atom is -0.508 e. The SMILES string of the molecule is CCCC(=O)Nc1ccc(O)c(C(C)NCC(C)C)c1. The third kappa shape index (κ3) is 5.21. The lowest BCUT2D eigenvalue weighted by Gasteiger charge is -2.18. The highest BCUT2D eigenvalue weighted by Crippen LogP contribution is 2.27. The van der Waals surface area contributed by atoms with Crippen molar-refractivity contribution in [1.82, 2.24) is 5.32 Å². The average Bonchev–Trinajstić information content (AvgIpc) is 2.38. The van der Waals surface area contributed by atoms with Gasteiger partial charge in [0.05, 0.1) is 0 Å². The lowest BCUT2D eigenvalue weighted by atomic mass is 10.1. The summed E-state index contributed by atoms with van der Waals surface area (Å²) >= 11 is 0. The van der Waals surface area contributed by atoms with Crippen LogP contribution in [0.1, 0.15) is 52.1 Å². The van der Waals surface area contributed by atoms with Gasteiger partial charge < -0.3 is 15.7 Å². The van der Waals surface area contributed by atoms with Gasteiger partial charge in [0.2, 0.25) is 5.91 Å². The summed E-state index contributed by atoms with van der Waals surface area (Å²) in [7, 11) is 0. The molecule has 0 aliphatic carbocycles. The summed E-state index contributed by atoms with van der Waals surface area (Å²) in [5.74, 6) is 0.807. The molecule has 20 heavy (non-hydrogen) atoms. The van der Waals surface area contributed by atoms with Crippen LogP contribution in [-0.2, 0) is 4.79 Å². The van der Waals surface area contributed by atoms with E-state index in [1.54, 1.807) is 12.1 Å². The summed E-state index contributed by atoms with van der Waals surface area (Å²) in [6, 6.07) is 5.23. The Morgan fingerprint density at radius 1 is 1.30 bits per heavy atom. The molecule has 4 nitrogen and oxygen atoms in total. The molecule has 0 radical (unpaired) electrons. The average molecular weight is 278 g/mol. The second-order valence-corrected chi connectivity index (χ2v) is 5.60. The predicted octanol–water partition coefficient (Wildman–Crippen LogP) is 3.44. The standard InChI is InChI=1S/C16H26N2O2/c1-5-6-16(20)18-13-7-8-15(19)14(9-13)12(4)17-10-11(2)3/h7-9,11-12,17,19H,5-6,10H2,1-4H3,(H,18,20). The van der Waals surface area contributed by atoms with Crippen LogP contribution in [0.4, 0.5) is 5.69 Å². The van der Waals surface area contributed by atoms with E-state index >= 15 is 0 Å². The van der Waals surface area contributed by atoms with Gasteiger partial charge in [-0.05, 0) is 44.0 Å². The Morgan fingerprint density at radius 3 is 2.60 bits per heavy atom. The third-order valence-corrected chi connectivity index (χ3v) is 3.09. The molecule has 1 atom stereocenters. The van der Waals surface area contributed by atoms with E-state index in [-0.39, 0.29) is 17.7 Å². The van der Waals surface area contributed by atoms with Crippen molar-refractivity contribution in [2.45, 2.75) is 46.6 Å². The maximum atomic E-state index is 11.6. The first-order valence-electron chi connectivity index (χ1n) is 7.30. The largest absolute Gasteiger partial charge is 0.508 e. The Labute approximate surface area is 121 Å². The Morgan fingerprint density at radius 2 is 2.00 bits per heavy atom. The van der Waals surface area contributed by atoms with Crippen LogP contribution in [0, 0.1) is 5.92 Å². The monoisotopic (exact) mass is 278 g/mol. The first kappa shape index (κ1) is 16.5. The van der Waals surface area contributed by atoms with Crippen molar-refractivity contribution >= 4 is 11.6 Å². The third-order valence-electron chi connectivity index (χ3n) is 3.09. The van der Waals surface area contributed by atoms with Crippen LogP contribution >= 0.6 is 0 Å². The maximum absolute atomic E-state index is 11.6. The maximum Gasteiger partial charge on any atom is 0.224 e. The van der Waals surface area contributed by atoms with Gasteiger partial charge in [-0.15, -0.1) is 0 Å². The molecule has 1 amide bonds. The summed E-state index contributed by atoms with van der Waals surface area (Å²) in [4.78, 5) is 11.6. The fraction of sp³-hybridized carbons (Fsp3) is 0.562. The Kier molecular flexibility index (Phi) is 6.52. The van der Waals surface area contributed by atoms with Crippen LogP contribution in [0.2, 0.25) is 0 Å². The first-order chi connectivity index (χ1) is 9.43. The van der Waals surface area contributed by atoms with Gasteiger partial charge >= 0.3 is 0 Å². The van der Waals surface area contributed by atoms with Gasteiger partial charge in [-0.3, -0.25) is 4.79 Å². The number of hydrogen-bond acceptors (Lipinski definition) is 3. The fourth-order valence-electron chi connectivity index (χ4n) is 1.95. The van der Waals surface area contributed by atoms with Crippen LogP contribution in [0.25, 0.3) is 0 Å². The molecule has 0 saturated heterocycles. The van der Waals surface area contributed by atoms with Gasteiger partial charge in [0.1, 0.15) is 5.75 Å². The zero-order chi connectivity index (χ0) is 15.1. The molecule has 1 unspecified atom stereocenters. The number of nitrogens with one attached hydrogen (secondary N) is 2. The number of benzene rings is 1. The highest BCUT2D eigenvalue weighted by Gasteiger charge is 2.12. The molecule has 0 heterocycles.